The molecule has 0 aliphatic carbocycles. The molecule has 0 fully saturated rings. The van der Waals surface area contributed by atoms with Crippen molar-refractivity contribution < 1.29 is 4.79 Å². The summed E-state index contributed by atoms with van der Waals surface area (Å²) in [6.07, 6.45) is 1.97. The third kappa shape index (κ3) is 4.78. The number of pyridine rings is 1. The first kappa shape index (κ1) is 16.4. The van der Waals surface area contributed by atoms with Crippen LogP contribution in [0.5, 0.6) is 0 Å². The molecule has 0 aliphatic heterocycles. The maximum absolute atomic E-state index is 11.9. The highest BCUT2D eigenvalue weighted by Crippen LogP contribution is 2.30. The third-order valence-electron chi connectivity index (χ3n) is 2.52. The fourth-order valence-corrected chi connectivity index (χ4v) is 3.14. The summed E-state index contributed by atoms with van der Waals surface area (Å²) in [5.41, 5.74) is 0.437. The van der Waals surface area contributed by atoms with Gasteiger partial charge >= 0.3 is 0 Å². The van der Waals surface area contributed by atoms with Gasteiger partial charge in [-0.05, 0) is 24.3 Å². The van der Waals surface area contributed by atoms with Crippen LogP contribution in [0.3, 0.4) is 0 Å². The fraction of sp³-hybridized carbons (Fsp3) is 0.143. The van der Waals surface area contributed by atoms with E-state index in [9.17, 15) is 4.79 Å². The summed E-state index contributed by atoms with van der Waals surface area (Å²) >= 11 is 19.4. The average molecular weight is 362 g/mol. The summed E-state index contributed by atoms with van der Waals surface area (Å²) in [6.45, 7) is 0. The largest absolute Gasteiger partial charge is 0.324 e. The fourth-order valence-electron chi connectivity index (χ4n) is 1.54. The molecule has 110 valence electrons. The third-order valence-corrected chi connectivity index (χ3v) is 4.57. The van der Waals surface area contributed by atoms with E-state index in [1.807, 2.05) is 0 Å². The Morgan fingerprint density at radius 2 is 1.76 bits per heavy atom. The van der Waals surface area contributed by atoms with Crippen molar-refractivity contribution in [2.24, 2.45) is 0 Å². The maximum Gasteiger partial charge on any atom is 0.225 e. The number of nitrogens with one attached hydrogen (secondary N) is 1. The molecule has 2 rings (SSSR count). The molecule has 3 nitrogen and oxygen atoms in total. The smallest absolute Gasteiger partial charge is 0.225 e. The zero-order valence-electron chi connectivity index (χ0n) is 10.8. The summed E-state index contributed by atoms with van der Waals surface area (Å²) < 4.78 is 0. The number of aromatic nitrogens is 1. The molecule has 0 aliphatic rings. The number of hydrogen-bond donors (Lipinski definition) is 1. The van der Waals surface area contributed by atoms with E-state index in [4.69, 9.17) is 34.8 Å². The maximum atomic E-state index is 11.9. The first-order chi connectivity index (χ1) is 10.1. The van der Waals surface area contributed by atoms with Gasteiger partial charge < -0.3 is 5.32 Å². The number of amides is 1. The second kappa shape index (κ2) is 7.90. The molecule has 1 aromatic heterocycles. The van der Waals surface area contributed by atoms with Crippen LogP contribution in [0, 0.1) is 0 Å². The Morgan fingerprint density at radius 1 is 1.10 bits per heavy atom. The van der Waals surface area contributed by atoms with E-state index in [-0.39, 0.29) is 5.91 Å². The second-order valence-corrected chi connectivity index (χ2v) is 6.34. The minimum atomic E-state index is -0.162. The molecule has 0 radical (unpaired) electrons. The Labute approximate surface area is 142 Å². The number of hydrogen-bond acceptors (Lipinski definition) is 3. The first-order valence-corrected chi connectivity index (χ1v) is 8.17. The van der Waals surface area contributed by atoms with Crippen LogP contribution >= 0.6 is 46.6 Å². The van der Waals surface area contributed by atoms with Gasteiger partial charge in [0.05, 0.1) is 20.8 Å². The minimum absolute atomic E-state index is 0.162. The van der Waals surface area contributed by atoms with E-state index in [1.165, 1.54) is 11.8 Å². The number of carbonyl (C=O) groups excluding carboxylic acids is 1. The minimum Gasteiger partial charge on any atom is -0.324 e. The number of thioether (sulfide) groups is 1. The van der Waals surface area contributed by atoms with Crippen LogP contribution in [0.15, 0.2) is 41.6 Å². The lowest BCUT2D eigenvalue weighted by Gasteiger charge is -2.09. The van der Waals surface area contributed by atoms with E-state index < -0.39 is 0 Å². The monoisotopic (exact) mass is 360 g/mol. The molecule has 0 unspecified atom stereocenters. The molecule has 0 atom stereocenters. The number of nitrogens with zero attached hydrogens (tertiary/aromatic N) is 1. The number of rotatable bonds is 5. The molecule has 1 amide bonds. The highest BCUT2D eigenvalue weighted by atomic mass is 35.5. The normalized spacial score (nSPS) is 10.4. The number of anilines is 1. The van der Waals surface area contributed by atoms with Crippen molar-refractivity contribution in [1.82, 2.24) is 4.98 Å². The molecule has 1 N–H and O–H groups in total. The van der Waals surface area contributed by atoms with Gasteiger partial charge in [-0.3, -0.25) is 4.79 Å². The van der Waals surface area contributed by atoms with Crippen molar-refractivity contribution in [3.05, 3.63) is 51.6 Å². The van der Waals surface area contributed by atoms with Crippen LogP contribution in [0.2, 0.25) is 15.1 Å². The Morgan fingerprint density at radius 3 is 2.43 bits per heavy atom. The number of carbonyl (C=O) groups is 1. The molecule has 0 saturated heterocycles. The van der Waals surface area contributed by atoms with Gasteiger partial charge in [0, 0.05) is 18.4 Å². The van der Waals surface area contributed by atoms with Crippen LogP contribution < -0.4 is 5.32 Å². The van der Waals surface area contributed by atoms with Crippen LogP contribution in [-0.4, -0.2) is 16.6 Å². The number of halogens is 3. The molecule has 0 saturated carbocycles. The van der Waals surface area contributed by atoms with Crippen molar-refractivity contribution in [3.63, 3.8) is 0 Å². The van der Waals surface area contributed by atoms with E-state index in [1.54, 1.807) is 36.5 Å². The first-order valence-electron chi connectivity index (χ1n) is 6.05. The zero-order valence-corrected chi connectivity index (χ0v) is 13.9. The summed E-state index contributed by atoms with van der Waals surface area (Å²) in [5.74, 6) is 0.398. The average Bonchev–Trinajstić information content (AvgIpc) is 2.45. The van der Waals surface area contributed by atoms with Crippen molar-refractivity contribution in [3.8, 4) is 0 Å². The predicted octanol–water partition coefficient (Wildman–Crippen LogP) is 5.16. The van der Waals surface area contributed by atoms with Crippen LogP contribution in [0.4, 0.5) is 5.69 Å². The van der Waals surface area contributed by atoms with Crippen molar-refractivity contribution in [2.75, 3.05) is 11.1 Å². The Kier molecular flexibility index (Phi) is 6.18. The van der Waals surface area contributed by atoms with Gasteiger partial charge in [-0.15, -0.1) is 11.8 Å². The van der Waals surface area contributed by atoms with Gasteiger partial charge in [-0.1, -0.05) is 40.9 Å². The highest BCUT2D eigenvalue weighted by molar-refractivity contribution is 7.99. The van der Waals surface area contributed by atoms with Gasteiger partial charge in [0.2, 0.25) is 5.91 Å². The van der Waals surface area contributed by atoms with Crippen molar-refractivity contribution >= 4 is 58.2 Å². The molecule has 21 heavy (non-hydrogen) atoms. The molecule has 0 bridgehead atoms. The summed E-state index contributed by atoms with van der Waals surface area (Å²) in [7, 11) is 0. The van der Waals surface area contributed by atoms with Gasteiger partial charge in [-0.2, -0.15) is 0 Å². The number of para-hydroxylation sites is 1. The second-order valence-electron chi connectivity index (χ2n) is 4.03. The lowest BCUT2D eigenvalue weighted by molar-refractivity contribution is -0.115. The summed E-state index contributed by atoms with van der Waals surface area (Å²) in [6, 6.07) is 8.59. The molecular formula is C14H11Cl3N2OS. The lowest BCUT2D eigenvalue weighted by Crippen LogP contribution is -2.13. The summed E-state index contributed by atoms with van der Waals surface area (Å²) in [5, 5.41) is 4.83. The van der Waals surface area contributed by atoms with E-state index in [0.717, 1.165) is 0 Å². The zero-order chi connectivity index (χ0) is 15.2. The molecular weight excluding hydrogens is 351 g/mol. The van der Waals surface area contributed by atoms with Gasteiger partial charge in [0.1, 0.15) is 5.03 Å². The Balaban J connectivity index is 1.87. The van der Waals surface area contributed by atoms with Crippen LogP contribution in [0.25, 0.3) is 0 Å². The molecule has 1 aromatic carbocycles. The quantitative estimate of drug-likeness (QED) is 0.748. The van der Waals surface area contributed by atoms with Crippen molar-refractivity contribution in [2.45, 2.75) is 11.4 Å². The highest BCUT2D eigenvalue weighted by Gasteiger charge is 2.10. The van der Waals surface area contributed by atoms with Gasteiger partial charge in [0.15, 0.2) is 0 Å². The predicted molar refractivity (Wildman–Crippen MR) is 89.7 cm³/mol. The molecule has 1 heterocycles. The SMILES string of the molecule is O=C(CCSc1ncccc1Cl)Nc1c(Cl)cccc1Cl. The molecule has 2 aromatic rings. The number of benzene rings is 1. The van der Waals surface area contributed by atoms with Crippen LogP contribution in [-0.2, 0) is 4.79 Å². The lowest BCUT2D eigenvalue weighted by atomic mass is 10.3. The summed E-state index contributed by atoms with van der Waals surface area (Å²) in [4.78, 5) is 16.0. The standard InChI is InChI=1S/C14H11Cl3N2OS/c15-9-3-1-4-10(16)13(9)19-12(20)6-8-21-14-11(17)5-2-7-18-14/h1-5,7H,6,8H2,(H,19,20). The topological polar surface area (TPSA) is 42.0 Å². The van der Waals surface area contributed by atoms with Gasteiger partial charge in [-0.25, -0.2) is 4.98 Å². The van der Waals surface area contributed by atoms with Crippen LogP contribution in [0.1, 0.15) is 6.42 Å². The van der Waals surface area contributed by atoms with E-state index >= 15 is 0 Å². The van der Waals surface area contributed by atoms with E-state index in [2.05, 4.69) is 10.3 Å². The van der Waals surface area contributed by atoms with E-state index in [0.29, 0.717) is 38.0 Å². The molecule has 7 heteroatoms. The van der Waals surface area contributed by atoms with Gasteiger partial charge in [0.25, 0.3) is 0 Å². The Bertz CT molecular complexity index is 632. The van der Waals surface area contributed by atoms with Crippen molar-refractivity contribution in [1.29, 1.82) is 0 Å². The molecule has 0 spiro atoms. The Hall–Kier alpha value is -0.940.